The van der Waals surface area contributed by atoms with Crippen LogP contribution in [0.3, 0.4) is 0 Å². The van der Waals surface area contributed by atoms with Crippen LogP contribution >= 0.6 is 8.03 Å². The van der Waals surface area contributed by atoms with Crippen molar-refractivity contribution in [3.05, 3.63) is 0 Å². The van der Waals surface area contributed by atoms with Crippen LogP contribution in [0.25, 0.3) is 0 Å². The highest BCUT2D eigenvalue weighted by molar-refractivity contribution is 7.38. The van der Waals surface area contributed by atoms with Crippen molar-refractivity contribution in [2.24, 2.45) is 0 Å². The predicted octanol–water partition coefficient (Wildman–Crippen LogP) is 0.761. The number of nitrogens with one attached hydrogen (secondary N) is 1. The standard InChI is InChI=1S/C3H6NO2P/c4-2-1-3-7(5)6/h2,4H,1,3H2/p+1. The molecule has 0 spiro atoms. The summed E-state index contributed by atoms with van der Waals surface area (Å²) in [6.45, 7) is 0. The van der Waals surface area contributed by atoms with Crippen LogP contribution in [0.2, 0.25) is 0 Å². The van der Waals surface area contributed by atoms with Gasteiger partial charge in [0.05, 0.1) is 0 Å². The Kier molecular flexibility index (Phi) is 3.75. The maximum Gasteiger partial charge on any atom is 0.505 e. The average Bonchev–Trinajstić information content (AvgIpc) is 1.61. The van der Waals surface area contributed by atoms with Crippen LogP contribution in [0.15, 0.2) is 0 Å². The zero-order chi connectivity index (χ0) is 5.70. The van der Waals surface area contributed by atoms with Crippen molar-refractivity contribution in [1.29, 1.82) is 5.41 Å². The molecule has 0 aromatic heterocycles. The van der Waals surface area contributed by atoms with Gasteiger partial charge < -0.3 is 5.41 Å². The highest BCUT2D eigenvalue weighted by atomic mass is 31.1. The maximum absolute atomic E-state index is 9.80. The third-order valence-corrected chi connectivity index (χ3v) is 1.11. The molecule has 1 unspecified atom stereocenters. The summed E-state index contributed by atoms with van der Waals surface area (Å²) in [6.07, 6.45) is 1.76. The SMILES string of the molecule is N=CCC[P+](=O)O. The lowest BCUT2D eigenvalue weighted by atomic mass is 10.5. The molecule has 0 fully saturated rings. The van der Waals surface area contributed by atoms with Crippen molar-refractivity contribution in [1.82, 2.24) is 0 Å². The van der Waals surface area contributed by atoms with E-state index < -0.39 is 8.03 Å². The molecule has 1 atom stereocenters. The van der Waals surface area contributed by atoms with E-state index in [9.17, 15) is 4.57 Å². The van der Waals surface area contributed by atoms with Gasteiger partial charge in [-0.2, -0.15) is 4.89 Å². The Morgan fingerprint density at radius 3 is 2.57 bits per heavy atom. The molecule has 7 heavy (non-hydrogen) atoms. The molecule has 0 aromatic rings. The molecule has 0 heterocycles. The molecule has 4 heteroatoms. The molecule has 0 saturated heterocycles. The van der Waals surface area contributed by atoms with E-state index in [-0.39, 0.29) is 6.16 Å². The quantitative estimate of drug-likeness (QED) is 0.426. The molecule has 0 aromatic carbocycles. The molecule has 0 bridgehead atoms. The highest BCUT2D eigenvalue weighted by Gasteiger charge is 2.05. The molecular weight excluding hydrogens is 113 g/mol. The van der Waals surface area contributed by atoms with Gasteiger partial charge in [0.15, 0.2) is 6.16 Å². The van der Waals surface area contributed by atoms with Gasteiger partial charge in [-0.05, 0) is 10.8 Å². The van der Waals surface area contributed by atoms with E-state index in [2.05, 4.69) is 0 Å². The monoisotopic (exact) mass is 120 g/mol. The summed E-state index contributed by atoms with van der Waals surface area (Å²) in [4.78, 5) is 8.09. The van der Waals surface area contributed by atoms with Crippen LogP contribution in [0.4, 0.5) is 0 Å². The topological polar surface area (TPSA) is 61.2 Å². The normalized spacial score (nSPS) is 10.7. The molecule has 0 rings (SSSR count). The molecule has 0 aliphatic carbocycles. The van der Waals surface area contributed by atoms with E-state index in [1.807, 2.05) is 0 Å². The summed E-state index contributed by atoms with van der Waals surface area (Å²) in [5, 5.41) is 6.43. The van der Waals surface area contributed by atoms with Gasteiger partial charge in [0.2, 0.25) is 0 Å². The van der Waals surface area contributed by atoms with Crippen molar-refractivity contribution in [2.75, 3.05) is 6.16 Å². The highest BCUT2D eigenvalue weighted by Crippen LogP contribution is 2.11. The molecule has 40 valence electrons. The van der Waals surface area contributed by atoms with Crippen molar-refractivity contribution in [3.8, 4) is 0 Å². The molecule has 0 aliphatic heterocycles. The van der Waals surface area contributed by atoms with Gasteiger partial charge in [-0.25, -0.2) is 0 Å². The first kappa shape index (κ1) is 6.73. The van der Waals surface area contributed by atoms with Crippen molar-refractivity contribution in [2.45, 2.75) is 6.42 Å². The number of rotatable bonds is 3. The van der Waals surface area contributed by atoms with Crippen LogP contribution in [-0.4, -0.2) is 17.3 Å². The molecule has 2 N–H and O–H groups in total. The molecule has 0 radical (unpaired) electrons. The van der Waals surface area contributed by atoms with Crippen molar-refractivity contribution >= 4 is 14.2 Å². The summed E-state index contributed by atoms with van der Waals surface area (Å²) < 4.78 is 9.80. The van der Waals surface area contributed by atoms with Crippen LogP contribution in [0, 0.1) is 5.41 Å². The van der Waals surface area contributed by atoms with E-state index in [0.29, 0.717) is 6.42 Å². The van der Waals surface area contributed by atoms with Gasteiger partial charge in [0, 0.05) is 6.42 Å². The van der Waals surface area contributed by atoms with Gasteiger partial charge in [-0.1, -0.05) is 0 Å². The van der Waals surface area contributed by atoms with Gasteiger partial charge in [0.1, 0.15) is 0 Å². The second-order valence-corrected chi connectivity index (χ2v) is 2.22. The first-order chi connectivity index (χ1) is 3.27. The van der Waals surface area contributed by atoms with Crippen molar-refractivity contribution < 1.29 is 9.46 Å². The van der Waals surface area contributed by atoms with Crippen LogP contribution in [0.5, 0.6) is 0 Å². The molecule has 0 amide bonds. The lowest BCUT2D eigenvalue weighted by molar-refractivity contribution is 0.503. The Bertz CT molecular complexity index is 83.0. The second kappa shape index (κ2) is 3.90. The van der Waals surface area contributed by atoms with Crippen molar-refractivity contribution in [3.63, 3.8) is 0 Å². The number of hydrogen-bond donors (Lipinski definition) is 2. The summed E-state index contributed by atoms with van der Waals surface area (Å²) >= 11 is 0. The van der Waals surface area contributed by atoms with Crippen LogP contribution in [0.1, 0.15) is 6.42 Å². The summed E-state index contributed by atoms with van der Waals surface area (Å²) in [7, 11) is -2.01. The Hall–Kier alpha value is -0.270. The summed E-state index contributed by atoms with van der Waals surface area (Å²) in [6, 6.07) is 0. The Morgan fingerprint density at radius 2 is 2.43 bits per heavy atom. The fraction of sp³-hybridized carbons (Fsp3) is 0.667. The Labute approximate surface area is 42.7 Å². The second-order valence-electron chi connectivity index (χ2n) is 1.07. The van der Waals surface area contributed by atoms with Gasteiger partial charge in [-0.3, -0.25) is 0 Å². The van der Waals surface area contributed by atoms with Crippen LogP contribution in [-0.2, 0) is 4.57 Å². The van der Waals surface area contributed by atoms with E-state index in [1.54, 1.807) is 0 Å². The Morgan fingerprint density at radius 1 is 1.86 bits per heavy atom. The van der Waals surface area contributed by atoms with Gasteiger partial charge >= 0.3 is 8.03 Å². The average molecular weight is 120 g/mol. The smallest absolute Gasteiger partial charge is 0.313 e. The van der Waals surface area contributed by atoms with Gasteiger partial charge in [-0.15, -0.1) is 0 Å². The first-order valence-corrected chi connectivity index (χ1v) is 3.29. The minimum absolute atomic E-state index is 0.221. The summed E-state index contributed by atoms with van der Waals surface area (Å²) in [5.41, 5.74) is 0. The first-order valence-electron chi connectivity index (χ1n) is 1.90. The molecule has 0 aliphatic rings. The summed E-state index contributed by atoms with van der Waals surface area (Å²) in [5.74, 6) is 0. The number of hydrogen-bond acceptors (Lipinski definition) is 2. The van der Waals surface area contributed by atoms with E-state index in [0.717, 1.165) is 6.21 Å². The zero-order valence-corrected chi connectivity index (χ0v) is 4.69. The largest absolute Gasteiger partial charge is 0.505 e. The van der Waals surface area contributed by atoms with Crippen LogP contribution < -0.4 is 0 Å². The third-order valence-electron chi connectivity index (χ3n) is 0.465. The maximum atomic E-state index is 9.80. The van der Waals surface area contributed by atoms with E-state index in [1.165, 1.54) is 0 Å². The fourth-order valence-electron chi connectivity index (χ4n) is 0.175. The van der Waals surface area contributed by atoms with E-state index >= 15 is 0 Å². The lowest BCUT2D eigenvalue weighted by Gasteiger charge is -1.68. The predicted molar refractivity (Wildman–Crippen MR) is 28.1 cm³/mol. The molecule has 0 saturated carbocycles. The zero-order valence-electron chi connectivity index (χ0n) is 3.79. The van der Waals surface area contributed by atoms with Gasteiger partial charge in [0.25, 0.3) is 0 Å². The fourth-order valence-corrected chi connectivity index (χ4v) is 0.525. The minimum atomic E-state index is -2.01. The Balaban J connectivity index is 2.97. The molecular formula is C3H7NO2P+. The third kappa shape index (κ3) is 5.73. The molecule has 3 nitrogen and oxygen atoms in total. The van der Waals surface area contributed by atoms with E-state index in [4.69, 9.17) is 10.3 Å². The lowest BCUT2D eigenvalue weighted by Crippen LogP contribution is -1.75. The minimum Gasteiger partial charge on any atom is -0.313 e.